The molecule has 3 N–H and O–H groups in total. The molecule has 0 unspecified atom stereocenters. The van der Waals surface area contributed by atoms with Crippen LogP contribution in [0.2, 0.25) is 0 Å². The van der Waals surface area contributed by atoms with Crippen molar-refractivity contribution >= 4 is 29.2 Å². The Kier molecular flexibility index (Phi) is 3.02. The van der Waals surface area contributed by atoms with E-state index < -0.39 is 5.97 Å². The summed E-state index contributed by atoms with van der Waals surface area (Å²) in [5, 5.41) is 3.18. The number of fused-ring (bicyclic) bond motifs is 1. The minimum Gasteiger partial charge on any atom is -0.465 e. The zero-order chi connectivity index (χ0) is 14.3. The van der Waals surface area contributed by atoms with Gasteiger partial charge in [0.2, 0.25) is 0 Å². The lowest BCUT2D eigenvalue weighted by atomic mass is 9.98. The van der Waals surface area contributed by atoms with Crippen LogP contribution in [0, 0.1) is 0 Å². The van der Waals surface area contributed by atoms with Crippen molar-refractivity contribution in [2.75, 3.05) is 12.4 Å². The van der Waals surface area contributed by atoms with Crippen LogP contribution in [0.1, 0.15) is 6.42 Å². The van der Waals surface area contributed by atoms with Gasteiger partial charge in [0.1, 0.15) is 5.57 Å². The zero-order valence-electron chi connectivity index (χ0n) is 10.7. The molecular formula is C14H12N2O3S. The van der Waals surface area contributed by atoms with Crippen molar-refractivity contribution in [3.63, 3.8) is 0 Å². The van der Waals surface area contributed by atoms with E-state index in [0.29, 0.717) is 5.70 Å². The van der Waals surface area contributed by atoms with E-state index in [9.17, 15) is 9.59 Å². The molecule has 2 aliphatic rings. The molecule has 0 saturated carbocycles. The first kappa shape index (κ1) is 12.8. The maximum absolute atomic E-state index is 11.9. The molecule has 0 bridgehead atoms. The Morgan fingerprint density at radius 1 is 1.40 bits per heavy atom. The van der Waals surface area contributed by atoms with Crippen LogP contribution in [0.5, 0.6) is 0 Å². The van der Waals surface area contributed by atoms with Crippen LogP contribution in [0.25, 0.3) is 0 Å². The van der Waals surface area contributed by atoms with Crippen molar-refractivity contribution in [1.29, 1.82) is 0 Å². The number of Topliss-reactive ketones (excluding diaryl/α,β-unsaturated/α-hetero) is 1. The third-order valence-electron chi connectivity index (χ3n) is 3.19. The molecule has 1 aliphatic heterocycles. The van der Waals surface area contributed by atoms with E-state index in [0.717, 1.165) is 15.5 Å². The highest BCUT2D eigenvalue weighted by molar-refractivity contribution is 8.03. The molecule has 0 fully saturated rings. The number of carbonyl (C=O) groups excluding carboxylic acids is 2. The van der Waals surface area contributed by atoms with Gasteiger partial charge in [0.25, 0.3) is 0 Å². The number of nitrogens with one attached hydrogen (secondary N) is 1. The molecule has 1 aliphatic carbocycles. The highest BCUT2D eigenvalue weighted by atomic mass is 32.2. The molecule has 0 spiro atoms. The average Bonchev–Trinajstić information content (AvgIpc) is 2.46. The van der Waals surface area contributed by atoms with Crippen LogP contribution in [-0.4, -0.2) is 18.9 Å². The summed E-state index contributed by atoms with van der Waals surface area (Å²) in [6, 6.07) is 7.69. The number of benzene rings is 1. The summed E-state index contributed by atoms with van der Waals surface area (Å²) < 4.78 is 4.73. The molecule has 0 atom stereocenters. The fourth-order valence-corrected chi connectivity index (χ4v) is 3.30. The quantitative estimate of drug-likeness (QED) is 0.767. The number of ether oxygens (including phenoxy) is 1. The topological polar surface area (TPSA) is 81.4 Å². The van der Waals surface area contributed by atoms with Crippen LogP contribution < -0.4 is 11.1 Å². The van der Waals surface area contributed by atoms with Gasteiger partial charge in [-0.05, 0) is 12.1 Å². The molecule has 0 aromatic heterocycles. The highest BCUT2D eigenvalue weighted by Crippen LogP contribution is 2.45. The van der Waals surface area contributed by atoms with E-state index in [4.69, 9.17) is 10.5 Å². The first-order valence-corrected chi connectivity index (χ1v) is 6.82. The molecule has 6 heteroatoms. The number of esters is 1. The minimum absolute atomic E-state index is 0.0388. The van der Waals surface area contributed by atoms with Gasteiger partial charge in [0.15, 0.2) is 5.78 Å². The Bertz CT molecular complexity index is 691. The molecule has 1 aromatic carbocycles. The summed E-state index contributed by atoms with van der Waals surface area (Å²) in [4.78, 5) is 25.6. The molecule has 5 nitrogen and oxygen atoms in total. The number of para-hydroxylation sites is 1. The molecule has 0 radical (unpaired) electrons. The van der Waals surface area contributed by atoms with Crippen LogP contribution >= 0.6 is 11.8 Å². The van der Waals surface area contributed by atoms with Crippen molar-refractivity contribution in [3.8, 4) is 0 Å². The summed E-state index contributed by atoms with van der Waals surface area (Å²) in [5.41, 5.74) is 7.33. The Morgan fingerprint density at radius 3 is 2.90 bits per heavy atom. The minimum atomic E-state index is -0.601. The van der Waals surface area contributed by atoms with E-state index in [1.807, 2.05) is 24.3 Å². The van der Waals surface area contributed by atoms with E-state index >= 15 is 0 Å². The Hall–Kier alpha value is -2.21. The number of hydrogen-bond donors (Lipinski definition) is 2. The predicted octanol–water partition coefficient (Wildman–Crippen LogP) is 1.77. The Labute approximate surface area is 119 Å². The van der Waals surface area contributed by atoms with Gasteiger partial charge in [-0.2, -0.15) is 0 Å². The van der Waals surface area contributed by atoms with Crippen molar-refractivity contribution in [1.82, 2.24) is 0 Å². The van der Waals surface area contributed by atoms with Crippen molar-refractivity contribution in [2.45, 2.75) is 11.3 Å². The third-order valence-corrected chi connectivity index (χ3v) is 4.36. The van der Waals surface area contributed by atoms with Crippen molar-refractivity contribution in [3.05, 3.63) is 46.1 Å². The Balaban J connectivity index is 2.11. The second-order valence-electron chi connectivity index (χ2n) is 4.40. The number of allylic oxidation sites excluding steroid dienone is 2. The number of carbonyl (C=O) groups is 2. The summed E-state index contributed by atoms with van der Waals surface area (Å²) in [5.74, 6) is -0.853. The zero-order valence-corrected chi connectivity index (χ0v) is 11.5. The lowest BCUT2D eigenvalue weighted by Crippen LogP contribution is -2.29. The summed E-state index contributed by atoms with van der Waals surface area (Å²) in [6.45, 7) is 0. The second-order valence-corrected chi connectivity index (χ2v) is 5.54. The van der Waals surface area contributed by atoms with Crippen molar-refractivity contribution < 1.29 is 14.3 Å². The molecule has 3 rings (SSSR count). The lowest BCUT2D eigenvalue weighted by Gasteiger charge is -2.28. The average molecular weight is 288 g/mol. The van der Waals surface area contributed by atoms with Gasteiger partial charge in [0, 0.05) is 16.2 Å². The normalized spacial score (nSPS) is 17.4. The summed E-state index contributed by atoms with van der Waals surface area (Å²) >= 11 is 1.48. The van der Waals surface area contributed by atoms with Gasteiger partial charge in [-0.3, -0.25) is 4.79 Å². The number of rotatable bonds is 1. The smallest absolute Gasteiger partial charge is 0.342 e. The summed E-state index contributed by atoms with van der Waals surface area (Å²) in [7, 11) is 1.27. The van der Waals surface area contributed by atoms with Crippen LogP contribution in [0.3, 0.4) is 0 Å². The fraction of sp³-hybridized carbons (Fsp3) is 0.143. The monoisotopic (exact) mass is 288 g/mol. The first-order valence-electron chi connectivity index (χ1n) is 6.00. The first-order chi connectivity index (χ1) is 9.61. The molecule has 0 saturated heterocycles. The second kappa shape index (κ2) is 4.72. The van der Waals surface area contributed by atoms with Gasteiger partial charge in [0.05, 0.1) is 24.2 Å². The number of ketones is 1. The van der Waals surface area contributed by atoms with Crippen LogP contribution in [-0.2, 0) is 14.3 Å². The van der Waals surface area contributed by atoms with Crippen LogP contribution in [0.4, 0.5) is 5.69 Å². The van der Waals surface area contributed by atoms with Gasteiger partial charge < -0.3 is 15.8 Å². The highest BCUT2D eigenvalue weighted by Gasteiger charge is 2.34. The molecule has 1 heterocycles. The Morgan fingerprint density at radius 2 is 2.15 bits per heavy atom. The van der Waals surface area contributed by atoms with E-state index in [1.165, 1.54) is 18.9 Å². The van der Waals surface area contributed by atoms with Gasteiger partial charge in [-0.15, -0.1) is 0 Å². The fourth-order valence-electron chi connectivity index (χ4n) is 2.20. The number of thioether (sulfide) groups is 1. The molecule has 102 valence electrons. The molecular weight excluding hydrogens is 276 g/mol. The molecule has 0 amide bonds. The maximum Gasteiger partial charge on any atom is 0.342 e. The van der Waals surface area contributed by atoms with Crippen LogP contribution in [0.15, 0.2) is 51.0 Å². The van der Waals surface area contributed by atoms with Gasteiger partial charge in [-0.25, -0.2) is 4.79 Å². The number of methoxy groups -OCH3 is 1. The maximum atomic E-state index is 11.9. The third kappa shape index (κ3) is 1.89. The lowest BCUT2D eigenvalue weighted by molar-refractivity contribution is -0.136. The standard InChI is InChI=1S/C14H12N2O3S/c1-19-14(18)11-12(15)8(17)6-10-13(11)16-7-4-2-3-5-9(7)20-10/h2-5,16H,6,15H2,1H3. The van der Waals surface area contributed by atoms with Gasteiger partial charge >= 0.3 is 5.97 Å². The SMILES string of the molecule is COC(=O)C1=C(N)C(=O)CC2=C1Nc1ccccc1S2. The summed E-state index contributed by atoms with van der Waals surface area (Å²) in [6.07, 6.45) is 0.202. The van der Waals surface area contributed by atoms with Gasteiger partial charge in [-0.1, -0.05) is 23.9 Å². The van der Waals surface area contributed by atoms with E-state index in [2.05, 4.69) is 5.32 Å². The van der Waals surface area contributed by atoms with E-state index in [-0.39, 0.29) is 23.5 Å². The predicted molar refractivity (Wildman–Crippen MR) is 75.8 cm³/mol. The van der Waals surface area contributed by atoms with E-state index in [1.54, 1.807) is 0 Å². The molecule has 1 aromatic rings. The number of anilines is 1. The molecule has 20 heavy (non-hydrogen) atoms. The number of hydrogen-bond acceptors (Lipinski definition) is 6. The van der Waals surface area contributed by atoms with Crippen molar-refractivity contribution in [2.24, 2.45) is 5.73 Å². The number of nitrogens with two attached hydrogens (primary N) is 1. The largest absolute Gasteiger partial charge is 0.465 e.